The Labute approximate surface area is 167 Å². The highest BCUT2D eigenvalue weighted by molar-refractivity contribution is 4.64. The van der Waals surface area contributed by atoms with Gasteiger partial charge in [0.15, 0.2) is 0 Å². The summed E-state index contributed by atoms with van der Waals surface area (Å²) < 4.78 is 0. The number of hydrogen-bond donors (Lipinski definition) is 0. The molecule has 0 spiro atoms. The van der Waals surface area contributed by atoms with Gasteiger partial charge in [0.25, 0.3) is 0 Å². The zero-order valence-electron chi connectivity index (χ0n) is 18.3. The fraction of sp³-hybridized carbons (Fsp3) is 0.962. The van der Waals surface area contributed by atoms with E-state index in [1.165, 1.54) is 161 Å². The maximum absolute atomic E-state index is 2.57. The molecular formula is C26H51. The molecule has 0 saturated heterocycles. The van der Waals surface area contributed by atoms with E-state index in [1.807, 2.05) is 0 Å². The molecule has 0 bridgehead atoms. The van der Waals surface area contributed by atoms with Crippen molar-refractivity contribution >= 4 is 0 Å². The van der Waals surface area contributed by atoms with Gasteiger partial charge in [0.1, 0.15) is 0 Å². The molecule has 0 unspecified atom stereocenters. The van der Waals surface area contributed by atoms with Crippen molar-refractivity contribution in [1.29, 1.82) is 0 Å². The van der Waals surface area contributed by atoms with Crippen molar-refractivity contribution in [2.45, 2.75) is 161 Å². The summed E-state index contributed by atoms with van der Waals surface area (Å²) in [7, 11) is 0. The van der Waals surface area contributed by atoms with E-state index in [0.29, 0.717) is 0 Å². The quantitative estimate of drug-likeness (QED) is 0.401. The Morgan fingerprint density at radius 1 is 0.192 bits per heavy atom. The minimum absolute atomic E-state index is 1.38. The predicted octanol–water partition coefficient (Wildman–Crippen LogP) is 9.96. The van der Waals surface area contributed by atoms with E-state index in [4.69, 9.17) is 0 Å². The second kappa shape index (κ2) is 21.3. The summed E-state index contributed by atoms with van der Waals surface area (Å²) in [5, 5.41) is 0. The highest BCUT2D eigenvalue weighted by atomic mass is 14.0. The smallest absolute Gasteiger partial charge is 0.0386 e. The maximum atomic E-state index is 2.57. The predicted molar refractivity (Wildman–Crippen MR) is 120 cm³/mol. The second-order valence-corrected chi connectivity index (χ2v) is 9.00. The Hall–Kier alpha value is 0. The lowest BCUT2D eigenvalue weighted by atomic mass is 10.0. The van der Waals surface area contributed by atoms with Crippen molar-refractivity contribution < 1.29 is 0 Å². The van der Waals surface area contributed by atoms with Gasteiger partial charge in [0.2, 0.25) is 0 Å². The first kappa shape index (κ1) is 24.0. The Morgan fingerprint density at radius 3 is 0.538 bits per heavy atom. The van der Waals surface area contributed by atoms with Gasteiger partial charge in [-0.2, -0.15) is 0 Å². The van der Waals surface area contributed by atoms with Gasteiger partial charge >= 0.3 is 0 Å². The van der Waals surface area contributed by atoms with E-state index in [9.17, 15) is 0 Å². The van der Waals surface area contributed by atoms with Crippen LogP contribution in [0.3, 0.4) is 0 Å². The number of rotatable bonds is 0. The van der Waals surface area contributed by atoms with Crippen LogP contribution in [0.4, 0.5) is 0 Å². The van der Waals surface area contributed by atoms with E-state index in [2.05, 4.69) is 6.42 Å². The SMILES string of the molecule is [CH]1CCCCCCCCCCCCCCCCCCCCCCCCC1. The standard InChI is InChI=1S/C26H51/c1-2-4-6-8-10-12-14-16-18-20-22-24-26-25-23-21-19-17-15-13-11-9-7-5-3-1/h1H,2-26H2. The summed E-state index contributed by atoms with van der Waals surface area (Å²) >= 11 is 0. The van der Waals surface area contributed by atoms with E-state index in [1.54, 1.807) is 0 Å². The van der Waals surface area contributed by atoms with Crippen LogP contribution < -0.4 is 0 Å². The van der Waals surface area contributed by atoms with E-state index < -0.39 is 0 Å². The maximum Gasteiger partial charge on any atom is -0.0386 e. The van der Waals surface area contributed by atoms with Gasteiger partial charge in [-0.05, 0) is 6.42 Å². The first-order valence-corrected chi connectivity index (χ1v) is 12.8. The van der Waals surface area contributed by atoms with Crippen LogP contribution in [0.25, 0.3) is 0 Å². The molecule has 0 aromatic carbocycles. The molecule has 0 heterocycles. The molecule has 1 rings (SSSR count). The summed E-state index contributed by atoms with van der Waals surface area (Å²) in [5.74, 6) is 0. The van der Waals surface area contributed by atoms with Crippen molar-refractivity contribution in [3.63, 3.8) is 0 Å². The van der Waals surface area contributed by atoms with Gasteiger partial charge in [0, 0.05) is 0 Å². The van der Waals surface area contributed by atoms with Gasteiger partial charge in [-0.25, -0.2) is 0 Å². The van der Waals surface area contributed by atoms with Crippen LogP contribution >= 0.6 is 0 Å². The highest BCUT2D eigenvalue weighted by Crippen LogP contribution is 2.16. The molecule has 0 N–H and O–H groups in total. The third-order valence-corrected chi connectivity index (χ3v) is 6.32. The average molecular weight is 364 g/mol. The lowest BCUT2D eigenvalue weighted by Crippen LogP contribution is -1.86. The lowest BCUT2D eigenvalue weighted by molar-refractivity contribution is 0.514. The Balaban J connectivity index is 2.00. The highest BCUT2D eigenvalue weighted by Gasteiger charge is 1.97. The van der Waals surface area contributed by atoms with Crippen molar-refractivity contribution in [1.82, 2.24) is 0 Å². The van der Waals surface area contributed by atoms with E-state index >= 15 is 0 Å². The molecule has 0 nitrogen and oxygen atoms in total. The van der Waals surface area contributed by atoms with E-state index in [0.717, 1.165) is 0 Å². The molecule has 0 amide bonds. The third-order valence-electron chi connectivity index (χ3n) is 6.32. The van der Waals surface area contributed by atoms with Crippen LogP contribution in [0.1, 0.15) is 161 Å². The summed E-state index contributed by atoms with van der Waals surface area (Å²) in [5.41, 5.74) is 0. The van der Waals surface area contributed by atoms with Crippen molar-refractivity contribution in [2.24, 2.45) is 0 Å². The molecule has 155 valence electrons. The van der Waals surface area contributed by atoms with Gasteiger partial charge in [-0.1, -0.05) is 161 Å². The van der Waals surface area contributed by atoms with Crippen LogP contribution in [-0.2, 0) is 0 Å². The molecule has 1 fully saturated rings. The molecule has 0 heteroatoms. The van der Waals surface area contributed by atoms with Crippen molar-refractivity contribution in [3.05, 3.63) is 6.42 Å². The molecule has 1 saturated carbocycles. The summed E-state index contributed by atoms with van der Waals surface area (Å²) in [6.07, 6.45) is 39.5. The molecule has 0 aromatic heterocycles. The van der Waals surface area contributed by atoms with Crippen LogP contribution in [0.5, 0.6) is 0 Å². The van der Waals surface area contributed by atoms with Crippen molar-refractivity contribution in [3.8, 4) is 0 Å². The molecule has 1 aliphatic rings. The van der Waals surface area contributed by atoms with Crippen LogP contribution in [0, 0.1) is 6.42 Å². The van der Waals surface area contributed by atoms with E-state index in [-0.39, 0.29) is 0 Å². The van der Waals surface area contributed by atoms with Crippen LogP contribution in [0.2, 0.25) is 0 Å². The zero-order chi connectivity index (χ0) is 18.4. The summed E-state index contributed by atoms with van der Waals surface area (Å²) in [6.45, 7) is 0. The molecule has 0 aromatic rings. The van der Waals surface area contributed by atoms with Gasteiger partial charge < -0.3 is 0 Å². The van der Waals surface area contributed by atoms with Gasteiger partial charge in [-0.15, -0.1) is 0 Å². The lowest BCUT2D eigenvalue weighted by Gasteiger charge is -2.05. The third kappa shape index (κ3) is 18.8. The van der Waals surface area contributed by atoms with Crippen LogP contribution in [-0.4, -0.2) is 0 Å². The fourth-order valence-electron chi connectivity index (χ4n) is 4.43. The molecule has 1 aliphatic carbocycles. The second-order valence-electron chi connectivity index (χ2n) is 9.00. The first-order chi connectivity index (χ1) is 13.0. The normalized spacial score (nSPS) is 24.0. The zero-order valence-corrected chi connectivity index (χ0v) is 18.3. The minimum atomic E-state index is 1.38. The summed E-state index contributed by atoms with van der Waals surface area (Å²) in [6, 6.07) is 0. The molecule has 0 aliphatic heterocycles. The topological polar surface area (TPSA) is 0 Å². The fourth-order valence-corrected chi connectivity index (χ4v) is 4.43. The molecular weight excluding hydrogens is 312 g/mol. The first-order valence-electron chi connectivity index (χ1n) is 12.8. The van der Waals surface area contributed by atoms with Crippen LogP contribution in [0.15, 0.2) is 0 Å². The molecule has 1 radical (unpaired) electrons. The number of hydrogen-bond acceptors (Lipinski definition) is 0. The monoisotopic (exact) mass is 363 g/mol. The Morgan fingerprint density at radius 2 is 0.346 bits per heavy atom. The average Bonchev–Trinajstić information content (AvgIpc) is 2.65. The summed E-state index contributed by atoms with van der Waals surface area (Å²) in [4.78, 5) is 0. The molecule has 26 heavy (non-hydrogen) atoms. The Bertz CT molecular complexity index is 122. The minimum Gasteiger partial charge on any atom is -0.0533 e. The van der Waals surface area contributed by atoms with Gasteiger partial charge in [0.05, 0.1) is 0 Å². The van der Waals surface area contributed by atoms with Gasteiger partial charge in [-0.3, -0.25) is 0 Å². The van der Waals surface area contributed by atoms with Crippen molar-refractivity contribution in [2.75, 3.05) is 0 Å². The largest absolute Gasteiger partial charge is 0.0533 e. The molecule has 0 atom stereocenters. The Kier molecular flexibility index (Phi) is 19.7.